The van der Waals surface area contributed by atoms with Gasteiger partial charge in [-0.1, -0.05) is 0 Å². The maximum absolute atomic E-state index is 12.6. The fourth-order valence-electron chi connectivity index (χ4n) is 0.489. The van der Waals surface area contributed by atoms with Crippen LogP contribution in [0.1, 0.15) is 12.8 Å². The average molecular weight is 180 g/mol. The van der Waals surface area contributed by atoms with Crippen molar-refractivity contribution in [3.63, 3.8) is 0 Å². The Kier molecular flexibility index (Phi) is 3.03. The van der Waals surface area contributed by atoms with Crippen molar-refractivity contribution in [2.75, 3.05) is 0 Å². The smallest absolute Gasteiger partial charge is 0.217 e. The van der Waals surface area contributed by atoms with Gasteiger partial charge in [-0.25, -0.2) is 4.39 Å². The molecule has 0 amide bonds. The zero-order valence-corrected chi connectivity index (χ0v) is 5.82. The van der Waals surface area contributed by atoms with Crippen molar-refractivity contribution in [3.05, 3.63) is 0 Å². The van der Waals surface area contributed by atoms with Crippen LogP contribution in [0.25, 0.3) is 0 Å². The summed E-state index contributed by atoms with van der Waals surface area (Å²) in [7, 11) is 0. The molecule has 0 aliphatic heterocycles. The molecule has 0 N–H and O–H groups in total. The van der Waals surface area contributed by atoms with Crippen molar-refractivity contribution >= 4 is 0 Å². The summed E-state index contributed by atoms with van der Waals surface area (Å²) in [5.74, 6) is 0. The molecule has 1 unspecified atom stereocenters. The monoisotopic (exact) mass is 180 g/mol. The van der Waals surface area contributed by atoms with E-state index < -0.39 is 24.7 Å². The van der Waals surface area contributed by atoms with Crippen molar-refractivity contribution in [1.82, 2.24) is 0 Å². The van der Waals surface area contributed by atoms with Gasteiger partial charge in [-0.15, -0.1) is 0 Å². The lowest BCUT2D eigenvalue weighted by molar-refractivity contribution is -0.210. The first-order chi connectivity index (χ1) is 5.37. The molecule has 6 heteroatoms. The summed E-state index contributed by atoms with van der Waals surface area (Å²) in [6.07, 6.45) is -6.99. The number of rotatable bonds is 2. The van der Waals surface area contributed by atoms with E-state index in [1.807, 2.05) is 0 Å². The number of halogens is 4. The minimum atomic E-state index is -5.22. The lowest BCUT2D eigenvalue weighted by Crippen LogP contribution is -2.39. The third-order valence-electron chi connectivity index (χ3n) is 1.21. The Morgan fingerprint density at radius 1 is 1.08 bits per heavy atom. The lowest BCUT2D eigenvalue weighted by atomic mass is 10.0. The third-order valence-corrected chi connectivity index (χ3v) is 1.21. The molecule has 0 aliphatic rings. The second-order valence-electron chi connectivity index (χ2n) is 2.07. The van der Waals surface area contributed by atoms with E-state index in [0.29, 0.717) is 6.07 Å². The highest BCUT2D eigenvalue weighted by Gasteiger charge is 2.56. The van der Waals surface area contributed by atoms with E-state index in [1.54, 1.807) is 0 Å². The highest BCUT2D eigenvalue weighted by molar-refractivity contribution is 5.07. The minimum Gasteiger partial charge on any atom is -0.217 e. The molecule has 2 nitrogen and oxygen atoms in total. The van der Waals surface area contributed by atoms with E-state index in [2.05, 4.69) is 0 Å². The second kappa shape index (κ2) is 3.40. The molecule has 0 aromatic heterocycles. The van der Waals surface area contributed by atoms with Gasteiger partial charge in [0.05, 0.1) is 6.07 Å². The molecule has 66 valence electrons. The molecular formula is C6H4F4N2. The first-order valence-electron chi connectivity index (χ1n) is 2.91. The Labute approximate surface area is 66.0 Å². The van der Waals surface area contributed by atoms with E-state index >= 15 is 0 Å². The lowest BCUT2D eigenvalue weighted by Gasteiger charge is -2.18. The molecule has 12 heavy (non-hydrogen) atoms. The molecule has 0 aromatic rings. The Hall–Kier alpha value is -1.30. The molecule has 0 radical (unpaired) electrons. The summed E-state index contributed by atoms with van der Waals surface area (Å²) >= 11 is 0. The number of alkyl halides is 4. The van der Waals surface area contributed by atoms with E-state index in [4.69, 9.17) is 10.5 Å². The Balaban J connectivity index is 4.52. The Morgan fingerprint density at radius 2 is 1.58 bits per heavy atom. The molecule has 0 aromatic carbocycles. The molecule has 0 bridgehead atoms. The van der Waals surface area contributed by atoms with Crippen LogP contribution in [0.15, 0.2) is 0 Å². The van der Waals surface area contributed by atoms with Crippen LogP contribution in [0, 0.1) is 22.7 Å². The van der Waals surface area contributed by atoms with Crippen molar-refractivity contribution in [3.8, 4) is 12.1 Å². The predicted octanol–water partition coefficient (Wildman–Crippen LogP) is 2.08. The van der Waals surface area contributed by atoms with E-state index in [1.165, 1.54) is 6.07 Å². The van der Waals surface area contributed by atoms with Gasteiger partial charge < -0.3 is 0 Å². The maximum Gasteiger partial charge on any atom is 0.436 e. The second-order valence-corrected chi connectivity index (χ2v) is 2.07. The molecule has 0 rings (SSSR count). The Morgan fingerprint density at radius 3 is 1.83 bits per heavy atom. The van der Waals surface area contributed by atoms with Crippen LogP contribution in [0.5, 0.6) is 0 Å². The largest absolute Gasteiger partial charge is 0.436 e. The first-order valence-corrected chi connectivity index (χ1v) is 2.91. The van der Waals surface area contributed by atoms with E-state index in [-0.39, 0.29) is 0 Å². The quantitative estimate of drug-likeness (QED) is 0.610. The van der Waals surface area contributed by atoms with Crippen LogP contribution in [-0.2, 0) is 0 Å². The van der Waals surface area contributed by atoms with Crippen LogP contribution in [-0.4, -0.2) is 11.8 Å². The molecule has 1 atom stereocenters. The molecule has 0 heterocycles. The SMILES string of the molecule is N#CCCC(F)(C#N)C(F)(F)F. The number of nitriles is 2. The van der Waals surface area contributed by atoms with Crippen LogP contribution in [0.2, 0.25) is 0 Å². The van der Waals surface area contributed by atoms with Gasteiger partial charge in [0.1, 0.15) is 6.07 Å². The molecule has 0 aliphatic carbocycles. The fraction of sp³-hybridized carbons (Fsp3) is 0.667. The molecular weight excluding hydrogens is 176 g/mol. The summed E-state index contributed by atoms with van der Waals surface area (Å²) in [6.45, 7) is 0. The third kappa shape index (κ3) is 2.09. The predicted molar refractivity (Wildman–Crippen MR) is 30.4 cm³/mol. The van der Waals surface area contributed by atoms with Crippen LogP contribution in [0.4, 0.5) is 17.6 Å². The van der Waals surface area contributed by atoms with Crippen molar-refractivity contribution < 1.29 is 17.6 Å². The molecule has 0 fully saturated rings. The highest BCUT2D eigenvalue weighted by atomic mass is 19.4. The van der Waals surface area contributed by atoms with Crippen LogP contribution >= 0.6 is 0 Å². The van der Waals surface area contributed by atoms with Gasteiger partial charge >= 0.3 is 6.18 Å². The minimum absolute atomic E-state index is 0.510. The van der Waals surface area contributed by atoms with Gasteiger partial charge in [0.2, 0.25) is 0 Å². The highest BCUT2D eigenvalue weighted by Crippen LogP contribution is 2.36. The molecule has 0 saturated carbocycles. The van der Waals surface area contributed by atoms with Crippen molar-refractivity contribution in [1.29, 1.82) is 10.5 Å². The van der Waals surface area contributed by atoms with Crippen LogP contribution < -0.4 is 0 Å². The normalized spacial score (nSPS) is 15.8. The summed E-state index contributed by atoms with van der Waals surface area (Å²) < 4.78 is 47.7. The summed E-state index contributed by atoms with van der Waals surface area (Å²) in [5.41, 5.74) is -3.89. The average Bonchev–Trinajstić information content (AvgIpc) is 1.98. The maximum atomic E-state index is 12.6. The topological polar surface area (TPSA) is 47.6 Å². The van der Waals surface area contributed by atoms with Gasteiger partial charge in [0, 0.05) is 12.8 Å². The Bertz CT molecular complexity index is 233. The zero-order valence-electron chi connectivity index (χ0n) is 5.82. The van der Waals surface area contributed by atoms with Gasteiger partial charge in [-0.3, -0.25) is 0 Å². The van der Waals surface area contributed by atoms with E-state index in [0.717, 1.165) is 0 Å². The van der Waals surface area contributed by atoms with Gasteiger partial charge in [0.25, 0.3) is 5.67 Å². The van der Waals surface area contributed by atoms with Gasteiger partial charge in [0.15, 0.2) is 0 Å². The van der Waals surface area contributed by atoms with Crippen LogP contribution in [0.3, 0.4) is 0 Å². The number of nitrogens with zero attached hydrogens (tertiary/aromatic N) is 2. The van der Waals surface area contributed by atoms with Gasteiger partial charge in [-0.05, 0) is 0 Å². The molecule has 0 saturated heterocycles. The van der Waals surface area contributed by atoms with Gasteiger partial charge in [-0.2, -0.15) is 23.7 Å². The fourth-order valence-corrected chi connectivity index (χ4v) is 0.489. The number of hydrogen-bond acceptors (Lipinski definition) is 2. The summed E-state index contributed by atoms with van der Waals surface area (Å²) in [6, 6.07) is 1.85. The zero-order chi connectivity index (χ0) is 9.83. The number of hydrogen-bond donors (Lipinski definition) is 0. The summed E-state index contributed by atoms with van der Waals surface area (Å²) in [5, 5.41) is 15.8. The molecule has 0 spiro atoms. The summed E-state index contributed by atoms with van der Waals surface area (Å²) in [4.78, 5) is 0. The standard InChI is InChI=1S/C6H4F4N2/c7-5(4-12,2-1-3-11)6(8,9)10/h1-2H2. The van der Waals surface area contributed by atoms with Crippen molar-refractivity contribution in [2.45, 2.75) is 24.7 Å². The van der Waals surface area contributed by atoms with Crippen molar-refractivity contribution in [2.24, 2.45) is 0 Å². The first kappa shape index (κ1) is 10.7. The van der Waals surface area contributed by atoms with E-state index in [9.17, 15) is 17.6 Å².